The second-order valence-electron chi connectivity index (χ2n) is 11.2. The summed E-state index contributed by atoms with van der Waals surface area (Å²) < 4.78 is 10.1. The van der Waals surface area contributed by atoms with E-state index in [0.717, 1.165) is 32.1 Å². The van der Waals surface area contributed by atoms with Crippen LogP contribution >= 0.6 is 0 Å². The molecule has 5 aromatic rings. The first-order valence-corrected chi connectivity index (χ1v) is 14.8. The largest absolute Gasteiger partial charge is 0.427 e. The van der Waals surface area contributed by atoms with Gasteiger partial charge in [-0.05, 0) is 95.1 Å². The van der Waals surface area contributed by atoms with Gasteiger partial charge in [-0.2, -0.15) is 0 Å². The highest BCUT2D eigenvalue weighted by molar-refractivity contribution is 6.35. The molecule has 2 heterocycles. The quantitative estimate of drug-likeness (QED) is 0.118. The van der Waals surface area contributed by atoms with Crippen molar-refractivity contribution in [2.45, 2.75) is 13.8 Å². The fourth-order valence-corrected chi connectivity index (χ4v) is 5.82. The van der Waals surface area contributed by atoms with Gasteiger partial charge in [0.15, 0.2) is 0 Å². The minimum atomic E-state index is -0.475. The SMILES string of the molecule is CC(=O)Oc1ccc(N2C(=O)c3ccc(-c4ccc(-c5ccc6c(c5)C(=O)N(c5ccc(OC(C)=O)cc5)C6=O)cc4)cc3C2=O)cc1. The molecule has 0 bridgehead atoms. The van der Waals surface area contributed by atoms with Crippen LogP contribution in [-0.4, -0.2) is 35.6 Å². The van der Waals surface area contributed by atoms with Crippen LogP contribution in [0.3, 0.4) is 0 Å². The zero-order chi connectivity index (χ0) is 33.7. The number of ether oxygens (including phenoxy) is 2. The van der Waals surface area contributed by atoms with Crippen LogP contribution in [0.15, 0.2) is 109 Å². The molecular formula is C38H24N2O8. The molecule has 0 aliphatic carbocycles. The van der Waals surface area contributed by atoms with Crippen LogP contribution in [0.5, 0.6) is 11.5 Å². The maximum atomic E-state index is 13.3. The van der Waals surface area contributed by atoms with Gasteiger partial charge in [0.25, 0.3) is 23.6 Å². The standard InChI is InChI=1S/C38H24N2O8/c1-21(41)47-29-13-9-27(10-14-29)39-35(43)31-17-7-25(19-33(31)37(39)45)23-3-5-24(6-4-23)26-8-18-32-34(20-26)38(46)40(36(32)44)28-11-15-30(16-12-28)48-22(2)42/h3-20H,1-2H3. The fraction of sp³-hybridized carbons (Fsp3) is 0.0526. The van der Waals surface area contributed by atoms with Crippen molar-refractivity contribution in [1.82, 2.24) is 0 Å². The van der Waals surface area contributed by atoms with Crippen molar-refractivity contribution in [3.05, 3.63) is 131 Å². The molecule has 10 heteroatoms. The van der Waals surface area contributed by atoms with Crippen LogP contribution < -0.4 is 19.3 Å². The topological polar surface area (TPSA) is 127 Å². The Labute approximate surface area is 273 Å². The maximum Gasteiger partial charge on any atom is 0.308 e. The van der Waals surface area contributed by atoms with Crippen LogP contribution in [0, 0.1) is 0 Å². The molecule has 0 spiro atoms. The normalized spacial score (nSPS) is 13.5. The molecule has 2 aliphatic rings. The molecule has 0 unspecified atom stereocenters. The highest BCUT2D eigenvalue weighted by Gasteiger charge is 2.38. The van der Waals surface area contributed by atoms with Gasteiger partial charge in [0.2, 0.25) is 0 Å². The Morgan fingerprint density at radius 2 is 0.729 bits per heavy atom. The van der Waals surface area contributed by atoms with Gasteiger partial charge in [0, 0.05) is 13.8 Å². The van der Waals surface area contributed by atoms with Crippen molar-refractivity contribution in [3.63, 3.8) is 0 Å². The number of carbonyl (C=O) groups is 6. The van der Waals surface area contributed by atoms with E-state index >= 15 is 0 Å². The number of esters is 2. The molecule has 2 aliphatic heterocycles. The predicted octanol–water partition coefficient (Wildman–Crippen LogP) is 6.47. The highest BCUT2D eigenvalue weighted by atomic mass is 16.5. The molecule has 0 saturated carbocycles. The molecule has 48 heavy (non-hydrogen) atoms. The molecule has 4 amide bonds. The molecule has 0 fully saturated rings. The van der Waals surface area contributed by atoms with Crippen molar-refractivity contribution < 1.29 is 38.2 Å². The lowest BCUT2D eigenvalue weighted by atomic mass is 9.96. The van der Waals surface area contributed by atoms with E-state index < -0.39 is 35.6 Å². The third kappa shape index (κ3) is 5.21. The molecule has 234 valence electrons. The van der Waals surface area contributed by atoms with Gasteiger partial charge in [-0.1, -0.05) is 36.4 Å². The lowest BCUT2D eigenvalue weighted by molar-refractivity contribution is -0.132. The minimum Gasteiger partial charge on any atom is -0.427 e. The van der Waals surface area contributed by atoms with Gasteiger partial charge in [-0.3, -0.25) is 28.8 Å². The van der Waals surface area contributed by atoms with Crippen LogP contribution in [0.4, 0.5) is 11.4 Å². The smallest absolute Gasteiger partial charge is 0.308 e. The number of anilines is 2. The van der Waals surface area contributed by atoms with Crippen LogP contribution in [0.2, 0.25) is 0 Å². The highest BCUT2D eigenvalue weighted by Crippen LogP contribution is 2.35. The van der Waals surface area contributed by atoms with E-state index in [2.05, 4.69) is 0 Å². The molecule has 0 saturated heterocycles. The molecule has 0 aromatic heterocycles. The molecule has 7 rings (SSSR count). The lowest BCUT2D eigenvalue weighted by Gasteiger charge is -2.14. The first-order chi connectivity index (χ1) is 23.1. The van der Waals surface area contributed by atoms with Gasteiger partial charge in [-0.15, -0.1) is 0 Å². The predicted molar refractivity (Wildman–Crippen MR) is 175 cm³/mol. The lowest BCUT2D eigenvalue weighted by Crippen LogP contribution is -2.29. The number of hydrogen-bond donors (Lipinski definition) is 0. The van der Waals surface area contributed by atoms with E-state index in [4.69, 9.17) is 9.47 Å². The van der Waals surface area contributed by atoms with E-state index in [-0.39, 0.29) is 22.3 Å². The zero-order valence-electron chi connectivity index (χ0n) is 25.6. The van der Waals surface area contributed by atoms with Gasteiger partial charge in [-0.25, -0.2) is 9.80 Å². The van der Waals surface area contributed by atoms with Crippen LogP contribution in [0.25, 0.3) is 22.3 Å². The average Bonchev–Trinajstić information content (AvgIpc) is 3.48. The summed E-state index contributed by atoms with van der Waals surface area (Å²) in [5, 5.41) is 0. The fourth-order valence-electron chi connectivity index (χ4n) is 5.82. The summed E-state index contributed by atoms with van der Waals surface area (Å²) in [5.41, 5.74) is 4.93. The van der Waals surface area contributed by atoms with Crippen molar-refractivity contribution in [2.75, 3.05) is 9.80 Å². The Bertz CT molecular complexity index is 2050. The average molecular weight is 637 g/mol. The van der Waals surface area contributed by atoms with E-state index in [1.54, 1.807) is 60.7 Å². The number of benzene rings is 5. The van der Waals surface area contributed by atoms with Gasteiger partial charge in [0.1, 0.15) is 11.5 Å². The monoisotopic (exact) mass is 636 g/mol. The third-order valence-electron chi connectivity index (χ3n) is 8.04. The second-order valence-corrected chi connectivity index (χ2v) is 11.2. The Morgan fingerprint density at radius 3 is 1.06 bits per heavy atom. The summed E-state index contributed by atoms with van der Waals surface area (Å²) in [7, 11) is 0. The van der Waals surface area contributed by atoms with Gasteiger partial charge < -0.3 is 9.47 Å². The number of carbonyl (C=O) groups excluding carboxylic acids is 6. The third-order valence-corrected chi connectivity index (χ3v) is 8.04. The van der Waals surface area contributed by atoms with E-state index in [1.165, 1.54) is 38.1 Å². The Kier molecular flexibility index (Phi) is 7.25. The molecule has 5 aromatic carbocycles. The minimum absolute atomic E-state index is 0.276. The summed E-state index contributed by atoms with van der Waals surface area (Å²) in [6.07, 6.45) is 0. The zero-order valence-corrected chi connectivity index (χ0v) is 25.6. The number of amides is 4. The van der Waals surface area contributed by atoms with Crippen molar-refractivity contribution >= 4 is 46.9 Å². The summed E-state index contributed by atoms with van der Waals surface area (Å²) in [6, 6.07) is 29.9. The van der Waals surface area contributed by atoms with Crippen LogP contribution in [0.1, 0.15) is 55.3 Å². The summed E-state index contributed by atoms with van der Waals surface area (Å²) in [4.78, 5) is 77.6. The summed E-state index contributed by atoms with van der Waals surface area (Å²) in [6.45, 7) is 2.57. The first-order valence-electron chi connectivity index (χ1n) is 14.8. The second kappa shape index (κ2) is 11.6. The first kappa shape index (κ1) is 30.0. The number of imide groups is 2. The van der Waals surface area contributed by atoms with Gasteiger partial charge in [0.05, 0.1) is 33.6 Å². The maximum absolute atomic E-state index is 13.3. The molecular weight excluding hydrogens is 612 g/mol. The summed E-state index contributed by atoms with van der Waals surface area (Å²) >= 11 is 0. The van der Waals surface area contributed by atoms with Crippen LogP contribution in [-0.2, 0) is 9.59 Å². The number of rotatable bonds is 6. The molecule has 0 N–H and O–H groups in total. The molecule has 0 radical (unpaired) electrons. The number of nitrogens with zero attached hydrogens (tertiary/aromatic N) is 2. The van der Waals surface area contributed by atoms with Gasteiger partial charge >= 0.3 is 11.9 Å². The summed E-state index contributed by atoms with van der Waals surface area (Å²) in [5.74, 6) is -2.14. The Hall–Kier alpha value is -6.68. The molecule has 10 nitrogen and oxygen atoms in total. The van der Waals surface area contributed by atoms with Crippen molar-refractivity contribution in [3.8, 4) is 33.8 Å². The number of hydrogen-bond acceptors (Lipinski definition) is 8. The number of fused-ring (bicyclic) bond motifs is 2. The van der Waals surface area contributed by atoms with Crippen molar-refractivity contribution in [1.29, 1.82) is 0 Å². The van der Waals surface area contributed by atoms with E-state index in [9.17, 15) is 28.8 Å². The van der Waals surface area contributed by atoms with E-state index in [0.29, 0.717) is 22.9 Å². The van der Waals surface area contributed by atoms with E-state index in [1.807, 2.05) is 24.3 Å². The van der Waals surface area contributed by atoms with Crippen molar-refractivity contribution in [2.24, 2.45) is 0 Å². The molecule has 0 atom stereocenters. The Balaban J connectivity index is 1.10. The Morgan fingerprint density at radius 1 is 0.417 bits per heavy atom.